The zero-order valence-corrected chi connectivity index (χ0v) is 13.6. The van der Waals surface area contributed by atoms with Crippen LogP contribution >= 0.6 is 0 Å². The number of benzene rings is 2. The van der Waals surface area contributed by atoms with Gasteiger partial charge in [0.05, 0.1) is 6.20 Å². The maximum Gasteiger partial charge on any atom is 0.283 e. The van der Waals surface area contributed by atoms with Gasteiger partial charge in [0.2, 0.25) is 0 Å². The standard InChI is InChI=1S/C19H16N4O2/c1-23-10-13(9-21-23)12-6-7-17-15(8-12)19(11-24-18(20)22-19)14-4-2-3-5-16(14)25-17/h2-10H,11H2,1H3,(H2,20,22). The summed E-state index contributed by atoms with van der Waals surface area (Å²) in [5.74, 6) is 1.56. The first-order valence-corrected chi connectivity index (χ1v) is 8.05. The lowest BCUT2D eigenvalue weighted by Gasteiger charge is -2.33. The summed E-state index contributed by atoms with van der Waals surface area (Å²) in [6.07, 6.45) is 3.82. The molecule has 124 valence electrons. The second kappa shape index (κ2) is 4.86. The van der Waals surface area contributed by atoms with Gasteiger partial charge in [-0.15, -0.1) is 0 Å². The van der Waals surface area contributed by atoms with Crippen molar-refractivity contribution in [1.29, 1.82) is 0 Å². The molecule has 25 heavy (non-hydrogen) atoms. The van der Waals surface area contributed by atoms with Gasteiger partial charge in [-0.1, -0.05) is 24.3 Å². The van der Waals surface area contributed by atoms with Crippen molar-refractivity contribution in [1.82, 2.24) is 9.78 Å². The van der Waals surface area contributed by atoms with Crippen LogP contribution in [0.15, 0.2) is 59.9 Å². The van der Waals surface area contributed by atoms with Gasteiger partial charge in [-0.05, 0) is 23.8 Å². The van der Waals surface area contributed by atoms with Crippen LogP contribution in [0.25, 0.3) is 11.1 Å². The van der Waals surface area contributed by atoms with Gasteiger partial charge in [0, 0.05) is 29.9 Å². The Kier molecular flexibility index (Phi) is 2.74. The predicted molar refractivity (Wildman–Crippen MR) is 93.5 cm³/mol. The molecule has 1 atom stereocenters. The molecule has 0 radical (unpaired) electrons. The number of aromatic nitrogens is 2. The van der Waals surface area contributed by atoms with E-state index in [-0.39, 0.29) is 6.02 Å². The molecule has 0 saturated heterocycles. The average molecular weight is 332 g/mol. The summed E-state index contributed by atoms with van der Waals surface area (Å²) in [6, 6.07) is 14.2. The highest BCUT2D eigenvalue weighted by Crippen LogP contribution is 2.51. The largest absolute Gasteiger partial charge is 0.462 e. The summed E-state index contributed by atoms with van der Waals surface area (Å²) in [6.45, 7) is 0.364. The van der Waals surface area contributed by atoms with Crippen molar-refractivity contribution in [2.24, 2.45) is 17.8 Å². The molecular weight excluding hydrogens is 316 g/mol. The van der Waals surface area contributed by atoms with Crippen LogP contribution in [-0.4, -0.2) is 22.4 Å². The molecule has 6 nitrogen and oxygen atoms in total. The van der Waals surface area contributed by atoms with Crippen molar-refractivity contribution in [3.63, 3.8) is 0 Å². The first-order valence-electron chi connectivity index (χ1n) is 8.05. The average Bonchev–Trinajstić information content (AvgIpc) is 3.22. The normalized spacial score (nSPS) is 20.4. The Bertz CT molecular complexity index is 1020. The second-order valence-electron chi connectivity index (χ2n) is 6.31. The number of ether oxygens (including phenoxy) is 2. The number of amidine groups is 1. The Hall–Kier alpha value is -3.28. The molecule has 3 heterocycles. The van der Waals surface area contributed by atoms with Crippen LogP contribution in [-0.2, 0) is 17.3 Å². The number of aryl methyl sites for hydroxylation is 1. The van der Waals surface area contributed by atoms with Crippen LogP contribution in [0.4, 0.5) is 0 Å². The third-order valence-corrected chi connectivity index (χ3v) is 4.75. The van der Waals surface area contributed by atoms with E-state index in [1.165, 1.54) is 0 Å². The lowest BCUT2D eigenvalue weighted by atomic mass is 9.80. The summed E-state index contributed by atoms with van der Waals surface area (Å²) in [5, 5.41) is 4.26. The van der Waals surface area contributed by atoms with Gasteiger partial charge in [0.1, 0.15) is 18.1 Å². The van der Waals surface area contributed by atoms with Crippen LogP contribution in [0.2, 0.25) is 0 Å². The lowest BCUT2D eigenvalue weighted by molar-refractivity contribution is 0.264. The summed E-state index contributed by atoms with van der Waals surface area (Å²) >= 11 is 0. The molecule has 0 saturated carbocycles. The van der Waals surface area contributed by atoms with Crippen molar-refractivity contribution in [3.8, 4) is 22.6 Å². The van der Waals surface area contributed by atoms with E-state index in [4.69, 9.17) is 15.2 Å². The highest BCUT2D eigenvalue weighted by Gasteiger charge is 2.46. The van der Waals surface area contributed by atoms with Gasteiger partial charge in [-0.3, -0.25) is 4.68 Å². The van der Waals surface area contributed by atoms with Crippen LogP contribution in [0, 0.1) is 0 Å². The maximum absolute atomic E-state index is 6.11. The topological polar surface area (TPSA) is 74.7 Å². The van der Waals surface area contributed by atoms with E-state index in [1.807, 2.05) is 55.8 Å². The first-order chi connectivity index (χ1) is 12.2. The molecule has 0 amide bonds. The third-order valence-electron chi connectivity index (χ3n) is 4.75. The van der Waals surface area contributed by atoms with E-state index in [9.17, 15) is 0 Å². The first kappa shape index (κ1) is 14.1. The molecule has 1 spiro atoms. The van der Waals surface area contributed by atoms with Gasteiger partial charge in [0.25, 0.3) is 6.02 Å². The molecule has 2 aliphatic heterocycles. The highest BCUT2D eigenvalue weighted by molar-refractivity contribution is 5.77. The fraction of sp³-hybridized carbons (Fsp3) is 0.158. The number of aliphatic imine (C=N–C) groups is 1. The second-order valence-corrected chi connectivity index (χ2v) is 6.31. The summed E-state index contributed by atoms with van der Waals surface area (Å²) < 4.78 is 13.5. The highest BCUT2D eigenvalue weighted by atomic mass is 16.5. The smallest absolute Gasteiger partial charge is 0.283 e. The van der Waals surface area contributed by atoms with Gasteiger partial charge in [-0.25, -0.2) is 4.99 Å². The molecular formula is C19H16N4O2. The zero-order chi connectivity index (χ0) is 17.0. The molecule has 5 rings (SSSR count). The van der Waals surface area contributed by atoms with Gasteiger partial charge in [-0.2, -0.15) is 5.10 Å². The minimum Gasteiger partial charge on any atom is -0.462 e. The quantitative estimate of drug-likeness (QED) is 0.743. The Morgan fingerprint density at radius 1 is 1.08 bits per heavy atom. The van der Waals surface area contributed by atoms with Crippen molar-refractivity contribution in [2.45, 2.75) is 5.54 Å². The molecule has 2 aromatic carbocycles. The number of hydrogen-bond acceptors (Lipinski definition) is 5. The van der Waals surface area contributed by atoms with E-state index in [2.05, 4.69) is 16.2 Å². The Labute approximate surface area is 144 Å². The van der Waals surface area contributed by atoms with E-state index in [0.29, 0.717) is 6.61 Å². The Balaban J connectivity index is 1.75. The van der Waals surface area contributed by atoms with E-state index in [0.717, 1.165) is 33.8 Å². The molecule has 2 N–H and O–H groups in total. The van der Waals surface area contributed by atoms with Gasteiger partial charge in [0.15, 0.2) is 5.54 Å². The van der Waals surface area contributed by atoms with Crippen molar-refractivity contribution < 1.29 is 9.47 Å². The number of hydrogen-bond donors (Lipinski definition) is 1. The van der Waals surface area contributed by atoms with Crippen LogP contribution < -0.4 is 10.5 Å². The molecule has 0 fully saturated rings. The summed E-state index contributed by atoms with van der Waals surface area (Å²) in [4.78, 5) is 4.67. The zero-order valence-electron chi connectivity index (χ0n) is 13.6. The fourth-order valence-electron chi connectivity index (χ4n) is 3.56. The van der Waals surface area contributed by atoms with Crippen molar-refractivity contribution in [3.05, 3.63) is 66.0 Å². The van der Waals surface area contributed by atoms with Gasteiger partial charge < -0.3 is 15.2 Å². The summed E-state index contributed by atoms with van der Waals surface area (Å²) in [5.41, 5.74) is 9.21. The molecule has 0 aliphatic carbocycles. The number of nitrogens with zero attached hydrogens (tertiary/aromatic N) is 3. The van der Waals surface area contributed by atoms with Crippen LogP contribution in [0.1, 0.15) is 11.1 Å². The predicted octanol–water partition coefficient (Wildman–Crippen LogP) is 2.78. The number of fused-ring (bicyclic) bond motifs is 4. The Morgan fingerprint density at radius 2 is 1.92 bits per heavy atom. The minimum atomic E-state index is -0.674. The van der Waals surface area contributed by atoms with Crippen LogP contribution in [0.3, 0.4) is 0 Å². The number of para-hydroxylation sites is 1. The van der Waals surface area contributed by atoms with Gasteiger partial charge >= 0.3 is 0 Å². The van der Waals surface area contributed by atoms with Crippen LogP contribution in [0.5, 0.6) is 11.5 Å². The molecule has 2 aliphatic rings. The summed E-state index contributed by atoms with van der Waals surface area (Å²) in [7, 11) is 1.90. The molecule has 3 aromatic rings. The third kappa shape index (κ3) is 1.97. The van der Waals surface area contributed by atoms with E-state index in [1.54, 1.807) is 4.68 Å². The van der Waals surface area contributed by atoms with E-state index >= 15 is 0 Å². The van der Waals surface area contributed by atoms with Crippen molar-refractivity contribution >= 4 is 6.02 Å². The molecule has 6 heteroatoms. The fourth-order valence-corrected chi connectivity index (χ4v) is 3.56. The number of nitrogens with two attached hydrogens (primary N) is 1. The maximum atomic E-state index is 6.11. The molecule has 0 bridgehead atoms. The molecule has 1 unspecified atom stereocenters. The SMILES string of the molecule is Cn1cc(-c2ccc3c(c2)C2(COC(N)=N2)c2ccccc2O3)cn1. The lowest BCUT2D eigenvalue weighted by Crippen LogP contribution is -2.31. The monoisotopic (exact) mass is 332 g/mol. The number of rotatable bonds is 1. The Morgan fingerprint density at radius 3 is 2.68 bits per heavy atom. The van der Waals surface area contributed by atoms with Crippen molar-refractivity contribution in [2.75, 3.05) is 6.61 Å². The molecule has 1 aromatic heterocycles. The minimum absolute atomic E-state index is 0.203. The van der Waals surface area contributed by atoms with E-state index < -0.39 is 5.54 Å².